The number of carboxylic acids is 1. The van der Waals surface area contributed by atoms with Crippen molar-refractivity contribution >= 4 is 24.0 Å². The number of aliphatic carboxylic acids is 1. The number of nitrogens with one attached hydrogen (secondary N) is 1. The largest absolute Gasteiger partial charge is 0.511 e. The second-order valence-corrected chi connectivity index (χ2v) is 10.9. The third-order valence-corrected chi connectivity index (χ3v) is 7.31. The van der Waals surface area contributed by atoms with Gasteiger partial charge in [0.15, 0.2) is 12.4 Å². The van der Waals surface area contributed by atoms with Gasteiger partial charge >= 0.3 is 14.0 Å². The van der Waals surface area contributed by atoms with Crippen molar-refractivity contribution < 1.29 is 27.4 Å². The third-order valence-electron chi connectivity index (χ3n) is 4.85. The maximum Gasteiger partial charge on any atom is 0.511 e. The standard InChI is InChI=1S/C22H29N2O6PS/c1-16(2)21(24-32(28,29)12-11-17-7-4-3-5-8-17)30-31(27)15-20(22(25)26)19-10-6-9-18(13-19)14-23/h3-10,13,16,20-21,24H,11-12,14-15,23H2,1-2H3/p+1. The summed E-state index contributed by atoms with van der Waals surface area (Å²) in [5.74, 6) is -2.67. The highest BCUT2D eigenvalue weighted by molar-refractivity contribution is 7.89. The molecule has 8 nitrogen and oxygen atoms in total. The van der Waals surface area contributed by atoms with Crippen LogP contribution >= 0.6 is 8.03 Å². The average Bonchev–Trinajstić information content (AvgIpc) is 2.76. The van der Waals surface area contributed by atoms with Gasteiger partial charge in [-0.2, -0.15) is 4.72 Å². The number of hydrogen-bond acceptors (Lipinski definition) is 6. The molecule has 3 unspecified atom stereocenters. The first kappa shape index (κ1) is 26.1. The van der Waals surface area contributed by atoms with E-state index in [0.29, 0.717) is 12.0 Å². The average molecular weight is 482 g/mol. The maximum atomic E-state index is 12.7. The predicted molar refractivity (Wildman–Crippen MR) is 124 cm³/mol. The summed E-state index contributed by atoms with van der Waals surface area (Å²) >= 11 is 0. The van der Waals surface area contributed by atoms with Crippen molar-refractivity contribution in [3.8, 4) is 0 Å². The molecule has 0 bridgehead atoms. The van der Waals surface area contributed by atoms with Gasteiger partial charge in [-0.1, -0.05) is 68.4 Å². The van der Waals surface area contributed by atoms with E-state index in [-0.39, 0.29) is 24.4 Å². The fraction of sp³-hybridized carbons (Fsp3) is 0.409. The first-order chi connectivity index (χ1) is 15.1. The Labute approximate surface area is 190 Å². The minimum Gasteiger partial charge on any atom is -0.481 e. The van der Waals surface area contributed by atoms with Crippen LogP contribution in [0.1, 0.15) is 36.5 Å². The first-order valence-corrected chi connectivity index (χ1v) is 13.3. The number of carboxylic acid groups (broad SMARTS) is 1. The Morgan fingerprint density at radius 2 is 1.78 bits per heavy atom. The monoisotopic (exact) mass is 481 g/mol. The Kier molecular flexibility index (Phi) is 9.93. The van der Waals surface area contributed by atoms with Gasteiger partial charge in [0.1, 0.15) is 5.92 Å². The predicted octanol–water partition coefficient (Wildman–Crippen LogP) is 3.22. The number of hydrogen-bond donors (Lipinski definition) is 3. The van der Waals surface area contributed by atoms with Crippen LogP contribution in [-0.4, -0.2) is 37.6 Å². The van der Waals surface area contributed by atoms with Gasteiger partial charge in [0.2, 0.25) is 10.0 Å². The number of nitrogens with two attached hydrogens (primary N) is 1. The third kappa shape index (κ3) is 8.41. The van der Waals surface area contributed by atoms with Crippen LogP contribution in [0.2, 0.25) is 0 Å². The van der Waals surface area contributed by atoms with E-state index >= 15 is 0 Å². The lowest BCUT2D eigenvalue weighted by atomic mass is 9.99. The summed E-state index contributed by atoms with van der Waals surface area (Å²) < 4.78 is 45.7. The summed E-state index contributed by atoms with van der Waals surface area (Å²) in [7, 11) is -6.17. The molecule has 0 fully saturated rings. The summed E-state index contributed by atoms with van der Waals surface area (Å²) in [5.41, 5.74) is 7.73. The van der Waals surface area contributed by atoms with Gasteiger partial charge in [-0.3, -0.25) is 4.79 Å². The Hall–Kier alpha value is -2.16. The number of aryl methyl sites for hydroxylation is 1. The quantitative estimate of drug-likeness (QED) is 0.295. The molecule has 0 aliphatic carbocycles. The van der Waals surface area contributed by atoms with Crippen molar-refractivity contribution in [2.45, 2.75) is 39.0 Å². The topological polar surface area (TPSA) is 136 Å². The molecule has 10 heteroatoms. The normalized spacial score (nSPS) is 14.2. The van der Waals surface area contributed by atoms with E-state index < -0.39 is 36.2 Å². The van der Waals surface area contributed by atoms with E-state index in [1.54, 1.807) is 38.1 Å². The van der Waals surface area contributed by atoms with Crippen LogP contribution in [-0.2, 0) is 36.9 Å². The molecule has 0 saturated heterocycles. The van der Waals surface area contributed by atoms with Crippen LogP contribution in [0.15, 0.2) is 54.6 Å². The van der Waals surface area contributed by atoms with Gasteiger partial charge in [-0.25, -0.2) is 8.42 Å². The van der Waals surface area contributed by atoms with Crippen molar-refractivity contribution in [3.63, 3.8) is 0 Å². The molecule has 2 aromatic rings. The number of sulfonamides is 1. The van der Waals surface area contributed by atoms with Crippen molar-refractivity contribution in [1.82, 2.24) is 4.72 Å². The minimum absolute atomic E-state index is 0.149. The van der Waals surface area contributed by atoms with Crippen LogP contribution in [0.4, 0.5) is 0 Å². The highest BCUT2D eigenvalue weighted by Gasteiger charge is 2.36. The van der Waals surface area contributed by atoms with Gasteiger partial charge in [-0.15, -0.1) is 4.52 Å². The lowest BCUT2D eigenvalue weighted by Gasteiger charge is -2.17. The molecule has 0 heterocycles. The molecule has 0 spiro atoms. The fourth-order valence-corrected chi connectivity index (χ4v) is 5.66. The zero-order valence-corrected chi connectivity index (χ0v) is 19.9. The number of benzene rings is 2. The molecule has 0 aliphatic heterocycles. The Morgan fingerprint density at radius 1 is 1.12 bits per heavy atom. The van der Waals surface area contributed by atoms with Gasteiger partial charge in [0.05, 0.1) is 5.75 Å². The number of carbonyl (C=O) groups is 1. The zero-order chi connectivity index (χ0) is 23.7. The van der Waals surface area contributed by atoms with Crippen molar-refractivity contribution in [2.75, 3.05) is 11.9 Å². The van der Waals surface area contributed by atoms with Gasteiger partial charge in [0, 0.05) is 6.54 Å². The second-order valence-electron chi connectivity index (χ2n) is 7.80. The van der Waals surface area contributed by atoms with Crippen molar-refractivity contribution in [2.24, 2.45) is 11.7 Å². The Bertz CT molecular complexity index is 1010. The first-order valence-electron chi connectivity index (χ1n) is 10.3. The summed E-state index contributed by atoms with van der Waals surface area (Å²) in [6.45, 7) is 3.71. The molecule has 0 radical (unpaired) electrons. The van der Waals surface area contributed by atoms with E-state index in [0.717, 1.165) is 11.1 Å². The highest BCUT2D eigenvalue weighted by Crippen LogP contribution is 2.34. The minimum atomic E-state index is -3.71. The Balaban J connectivity index is 2.03. The van der Waals surface area contributed by atoms with Crippen LogP contribution in [0.3, 0.4) is 0 Å². The molecule has 32 heavy (non-hydrogen) atoms. The van der Waals surface area contributed by atoms with Crippen LogP contribution in [0.25, 0.3) is 0 Å². The molecular weight excluding hydrogens is 451 g/mol. The SMILES string of the molecule is CC(C)C(NS(=O)(=O)CCc1ccccc1)O[P+](=O)CC(C(=O)O)c1cccc(CN)c1. The Morgan fingerprint density at radius 3 is 2.38 bits per heavy atom. The van der Waals surface area contributed by atoms with Gasteiger partial charge < -0.3 is 10.8 Å². The molecular formula is C22H30N2O6PS+. The molecule has 2 rings (SSSR count). The summed E-state index contributed by atoms with van der Waals surface area (Å²) in [6, 6.07) is 16.0. The number of rotatable bonds is 13. The van der Waals surface area contributed by atoms with E-state index in [2.05, 4.69) is 4.72 Å². The summed E-state index contributed by atoms with van der Waals surface area (Å²) in [6.07, 6.45) is -0.997. The molecule has 0 aromatic heterocycles. The van der Waals surface area contributed by atoms with Crippen LogP contribution in [0, 0.1) is 5.92 Å². The van der Waals surface area contributed by atoms with Crippen LogP contribution < -0.4 is 10.5 Å². The fourth-order valence-electron chi connectivity index (χ4n) is 2.99. The van der Waals surface area contributed by atoms with Crippen LogP contribution in [0.5, 0.6) is 0 Å². The molecule has 2 aromatic carbocycles. The zero-order valence-electron chi connectivity index (χ0n) is 18.2. The second kappa shape index (κ2) is 12.2. The van der Waals surface area contributed by atoms with E-state index in [4.69, 9.17) is 10.3 Å². The highest BCUT2D eigenvalue weighted by atomic mass is 32.2. The van der Waals surface area contributed by atoms with Crippen molar-refractivity contribution in [1.29, 1.82) is 0 Å². The molecule has 0 saturated carbocycles. The lowest BCUT2D eigenvalue weighted by Crippen LogP contribution is -2.41. The molecule has 0 aliphatic rings. The van der Waals surface area contributed by atoms with E-state index in [1.807, 2.05) is 30.3 Å². The molecule has 174 valence electrons. The summed E-state index contributed by atoms with van der Waals surface area (Å²) in [4.78, 5) is 11.8. The van der Waals surface area contributed by atoms with Crippen molar-refractivity contribution in [3.05, 3.63) is 71.3 Å². The smallest absolute Gasteiger partial charge is 0.481 e. The lowest BCUT2D eigenvalue weighted by molar-refractivity contribution is -0.138. The van der Waals surface area contributed by atoms with E-state index in [1.165, 1.54) is 0 Å². The van der Waals surface area contributed by atoms with Gasteiger partial charge in [-0.05, 0) is 33.6 Å². The maximum absolute atomic E-state index is 12.7. The molecule has 3 atom stereocenters. The molecule has 4 N–H and O–H groups in total. The van der Waals surface area contributed by atoms with E-state index in [9.17, 15) is 22.9 Å². The van der Waals surface area contributed by atoms with Gasteiger partial charge in [0.25, 0.3) is 0 Å². The summed E-state index contributed by atoms with van der Waals surface area (Å²) in [5, 5.41) is 9.62. The molecule has 0 amide bonds.